The van der Waals surface area contributed by atoms with Crippen molar-refractivity contribution in [2.24, 2.45) is 0 Å². The molecule has 0 saturated carbocycles. The van der Waals surface area contributed by atoms with E-state index in [1.807, 2.05) is 30.3 Å². The first-order valence-electron chi connectivity index (χ1n) is 7.94. The summed E-state index contributed by atoms with van der Waals surface area (Å²) >= 11 is 0. The zero-order valence-electron chi connectivity index (χ0n) is 14.5. The van der Waals surface area contributed by atoms with Crippen LogP contribution in [0.4, 0.5) is 10.5 Å². The number of carbonyl (C=O) groups excluding carboxylic acids is 1. The first-order valence-corrected chi connectivity index (χ1v) is 7.94. The Morgan fingerprint density at radius 3 is 2.15 bits per heavy atom. The number of amides is 1. The summed E-state index contributed by atoms with van der Waals surface area (Å²) in [7, 11) is 3.24. The molecule has 3 aromatic rings. The largest absolute Gasteiger partial charge is 0.497 e. The molecule has 132 valence electrons. The van der Waals surface area contributed by atoms with Crippen molar-refractivity contribution in [3.63, 3.8) is 0 Å². The number of methoxy groups -OCH3 is 1. The molecular weight excluding hydrogens is 332 g/mol. The van der Waals surface area contributed by atoms with Crippen LogP contribution in [0, 0.1) is 0 Å². The number of anilines is 1. The van der Waals surface area contributed by atoms with Crippen LogP contribution in [0.2, 0.25) is 0 Å². The van der Waals surface area contributed by atoms with Gasteiger partial charge in [-0.3, -0.25) is 4.90 Å². The van der Waals surface area contributed by atoms with Gasteiger partial charge in [0, 0.05) is 18.8 Å². The molecule has 0 unspecified atom stereocenters. The molecule has 0 radical (unpaired) electrons. The molecule has 0 spiro atoms. The fourth-order valence-electron chi connectivity index (χ4n) is 2.18. The molecule has 0 saturated heterocycles. The molecule has 3 rings (SSSR count). The fourth-order valence-corrected chi connectivity index (χ4v) is 2.18. The van der Waals surface area contributed by atoms with Gasteiger partial charge >= 0.3 is 6.09 Å². The first kappa shape index (κ1) is 17.3. The lowest BCUT2D eigenvalue weighted by Gasteiger charge is -2.16. The number of pyridine rings is 1. The Morgan fingerprint density at radius 1 is 0.885 bits per heavy atom. The normalized spacial score (nSPS) is 10.1. The standard InChI is InChI=1S/C20H18N2O4/c1-22(15-6-4-3-5-7-15)20(23)26-19-13-12-18(14-21-19)25-17-10-8-16(24-2)9-11-17/h3-14H,1-2H3. The number of para-hydroxylation sites is 1. The Bertz CT molecular complexity index is 849. The van der Waals surface area contributed by atoms with E-state index in [9.17, 15) is 4.79 Å². The van der Waals surface area contributed by atoms with Crippen LogP contribution in [0.15, 0.2) is 72.9 Å². The van der Waals surface area contributed by atoms with Crippen LogP contribution in [0.5, 0.6) is 23.1 Å². The molecule has 0 aliphatic carbocycles. The van der Waals surface area contributed by atoms with Gasteiger partial charge in [-0.15, -0.1) is 0 Å². The van der Waals surface area contributed by atoms with Crippen molar-refractivity contribution in [1.82, 2.24) is 4.98 Å². The van der Waals surface area contributed by atoms with Gasteiger partial charge in [0.25, 0.3) is 0 Å². The monoisotopic (exact) mass is 350 g/mol. The average Bonchev–Trinajstić information content (AvgIpc) is 2.70. The molecule has 1 amide bonds. The highest BCUT2D eigenvalue weighted by Gasteiger charge is 2.13. The summed E-state index contributed by atoms with van der Waals surface area (Å²) < 4.78 is 16.1. The van der Waals surface area contributed by atoms with Crippen molar-refractivity contribution >= 4 is 11.8 Å². The predicted molar refractivity (Wildman–Crippen MR) is 98.2 cm³/mol. The Hall–Kier alpha value is -3.54. The Morgan fingerprint density at radius 2 is 1.54 bits per heavy atom. The molecule has 1 heterocycles. The molecule has 0 aliphatic heterocycles. The third-order valence-corrected chi connectivity index (χ3v) is 3.61. The predicted octanol–water partition coefficient (Wildman–Crippen LogP) is 4.52. The third kappa shape index (κ3) is 4.30. The van der Waals surface area contributed by atoms with Gasteiger partial charge in [0.2, 0.25) is 5.88 Å². The number of nitrogens with zero attached hydrogens (tertiary/aromatic N) is 2. The van der Waals surface area contributed by atoms with Gasteiger partial charge in [0.1, 0.15) is 17.2 Å². The average molecular weight is 350 g/mol. The topological polar surface area (TPSA) is 60.9 Å². The Kier molecular flexibility index (Phi) is 5.34. The van der Waals surface area contributed by atoms with E-state index in [0.29, 0.717) is 11.5 Å². The molecule has 6 heteroatoms. The van der Waals surface area contributed by atoms with Crippen molar-refractivity contribution in [2.45, 2.75) is 0 Å². The molecule has 0 aliphatic rings. The van der Waals surface area contributed by atoms with Crippen molar-refractivity contribution in [2.75, 3.05) is 19.1 Å². The van der Waals surface area contributed by atoms with E-state index in [1.54, 1.807) is 50.6 Å². The molecule has 2 aromatic carbocycles. The van der Waals surface area contributed by atoms with Crippen LogP contribution in [-0.4, -0.2) is 25.2 Å². The number of ether oxygens (including phenoxy) is 3. The van der Waals surface area contributed by atoms with Gasteiger partial charge in [-0.25, -0.2) is 9.78 Å². The maximum absolute atomic E-state index is 12.2. The van der Waals surface area contributed by atoms with Gasteiger partial charge in [-0.05, 0) is 42.5 Å². The summed E-state index contributed by atoms with van der Waals surface area (Å²) in [5, 5.41) is 0. The van der Waals surface area contributed by atoms with Crippen molar-refractivity contribution in [3.05, 3.63) is 72.9 Å². The van der Waals surface area contributed by atoms with E-state index < -0.39 is 6.09 Å². The minimum atomic E-state index is -0.521. The van der Waals surface area contributed by atoms with E-state index in [2.05, 4.69) is 4.98 Å². The summed E-state index contributed by atoms with van der Waals surface area (Å²) in [6.07, 6.45) is 0.975. The second-order valence-corrected chi connectivity index (χ2v) is 5.37. The molecule has 1 aromatic heterocycles. The van der Waals surface area contributed by atoms with Crippen LogP contribution in [0.3, 0.4) is 0 Å². The molecule has 0 fully saturated rings. The Labute approximate surface area is 151 Å². The Balaban J connectivity index is 1.61. The lowest BCUT2D eigenvalue weighted by molar-refractivity contribution is 0.207. The van der Waals surface area contributed by atoms with Crippen molar-refractivity contribution in [1.29, 1.82) is 0 Å². The van der Waals surface area contributed by atoms with E-state index in [-0.39, 0.29) is 5.88 Å². The maximum Gasteiger partial charge on any atom is 0.420 e. The number of rotatable bonds is 5. The minimum absolute atomic E-state index is 0.194. The number of benzene rings is 2. The van der Waals surface area contributed by atoms with Crippen molar-refractivity contribution < 1.29 is 19.0 Å². The molecule has 6 nitrogen and oxygen atoms in total. The van der Waals surface area contributed by atoms with Crippen LogP contribution in [-0.2, 0) is 0 Å². The summed E-state index contributed by atoms with van der Waals surface area (Å²) in [5.41, 5.74) is 0.733. The number of aromatic nitrogens is 1. The second-order valence-electron chi connectivity index (χ2n) is 5.37. The summed E-state index contributed by atoms with van der Waals surface area (Å²) in [5.74, 6) is 2.13. The van der Waals surface area contributed by atoms with Gasteiger partial charge in [0.05, 0.1) is 13.3 Å². The van der Waals surface area contributed by atoms with E-state index in [1.165, 1.54) is 11.1 Å². The van der Waals surface area contributed by atoms with Crippen LogP contribution in [0.25, 0.3) is 0 Å². The van der Waals surface area contributed by atoms with Gasteiger partial charge in [0.15, 0.2) is 0 Å². The number of hydrogen-bond acceptors (Lipinski definition) is 5. The third-order valence-electron chi connectivity index (χ3n) is 3.61. The zero-order valence-corrected chi connectivity index (χ0v) is 14.5. The van der Waals surface area contributed by atoms with E-state index in [0.717, 1.165) is 11.4 Å². The maximum atomic E-state index is 12.2. The smallest absolute Gasteiger partial charge is 0.420 e. The highest BCUT2D eigenvalue weighted by atomic mass is 16.6. The van der Waals surface area contributed by atoms with E-state index >= 15 is 0 Å². The fraction of sp³-hybridized carbons (Fsp3) is 0.100. The van der Waals surface area contributed by atoms with Crippen LogP contribution >= 0.6 is 0 Å². The number of hydrogen-bond donors (Lipinski definition) is 0. The zero-order chi connectivity index (χ0) is 18.4. The molecule has 26 heavy (non-hydrogen) atoms. The van der Waals surface area contributed by atoms with Gasteiger partial charge < -0.3 is 14.2 Å². The van der Waals surface area contributed by atoms with Crippen LogP contribution in [0.1, 0.15) is 0 Å². The van der Waals surface area contributed by atoms with Gasteiger partial charge in [-0.2, -0.15) is 0 Å². The molecule has 0 bridgehead atoms. The lowest BCUT2D eigenvalue weighted by Crippen LogP contribution is -2.29. The summed E-state index contributed by atoms with van der Waals surface area (Å²) in [6.45, 7) is 0. The van der Waals surface area contributed by atoms with E-state index in [4.69, 9.17) is 14.2 Å². The van der Waals surface area contributed by atoms with Gasteiger partial charge in [-0.1, -0.05) is 18.2 Å². The highest BCUT2D eigenvalue weighted by Crippen LogP contribution is 2.24. The molecule has 0 atom stereocenters. The van der Waals surface area contributed by atoms with Crippen LogP contribution < -0.4 is 19.1 Å². The summed E-state index contributed by atoms with van der Waals surface area (Å²) in [4.78, 5) is 17.7. The number of carbonyl (C=O) groups is 1. The SMILES string of the molecule is COc1ccc(Oc2ccc(OC(=O)N(C)c3ccccc3)nc2)cc1. The molecule has 0 N–H and O–H groups in total. The minimum Gasteiger partial charge on any atom is -0.497 e. The second kappa shape index (κ2) is 8.02. The molecular formula is C20H18N2O4. The summed E-state index contributed by atoms with van der Waals surface area (Å²) in [6, 6.07) is 19.7. The lowest BCUT2D eigenvalue weighted by atomic mass is 10.3. The van der Waals surface area contributed by atoms with Crippen molar-refractivity contribution in [3.8, 4) is 23.1 Å². The first-order chi connectivity index (χ1) is 12.7. The highest BCUT2D eigenvalue weighted by molar-refractivity contribution is 5.88. The quantitative estimate of drug-likeness (QED) is 0.677.